The first-order valence-corrected chi connectivity index (χ1v) is 9.27. The number of amides is 1. The van der Waals surface area contributed by atoms with Crippen LogP contribution in [0.1, 0.15) is 12.5 Å². The van der Waals surface area contributed by atoms with Gasteiger partial charge in [-0.2, -0.15) is 0 Å². The van der Waals surface area contributed by atoms with Gasteiger partial charge >= 0.3 is 0 Å². The second kappa shape index (κ2) is 6.96. The predicted octanol–water partition coefficient (Wildman–Crippen LogP) is 4.55. The summed E-state index contributed by atoms with van der Waals surface area (Å²) in [5.41, 5.74) is 2.94. The van der Waals surface area contributed by atoms with E-state index in [2.05, 4.69) is 11.1 Å². The molecule has 1 amide bonds. The minimum atomic E-state index is -0.319. The van der Waals surface area contributed by atoms with Crippen molar-refractivity contribution in [3.63, 3.8) is 0 Å². The number of fused-ring (bicyclic) bond motifs is 1. The van der Waals surface area contributed by atoms with Crippen LogP contribution in [0.25, 0.3) is 11.3 Å². The smallest absolute Gasteiger partial charge is 0.256 e. The Kier molecular flexibility index (Phi) is 4.51. The van der Waals surface area contributed by atoms with Crippen LogP contribution in [-0.4, -0.2) is 22.7 Å². The summed E-state index contributed by atoms with van der Waals surface area (Å²) in [5, 5.41) is 0.110. The summed E-state index contributed by atoms with van der Waals surface area (Å²) < 4.78 is 18.8. The first-order chi connectivity index (χ1) is 12.6. The van der Waals surface area contributed by atoms with Crippen molar-refractivity contribution < 1.29 is 13.6 Å². The zero-order valence-electron chi connectivity index (χ0n) is 14.2. The molecule has 0 N–H and O–H groups in total. The van der Waals surface area contributed by atoms with E-state index < -0.39 is 0 Å². The largest absolute Gasteiger partial charge is 0.431 e. The minimum absolute atomic E-state index is 0.0430. The first kappa shape index (κ1) is 16.8. The number of halogens is 1. The van der Waals surface area contributed by atoms with E-state index in [1.807, 2.05) is 30.0 Å². The number of aromatic nitrogens is 1. The molecule has 1 aliphatic heterocycles. The van der Waals surface area contributed by atoms with Gasteiger partial charge in [-0.1, -0.05) is 30.0 Å². The summed E-state index contributed by atoms with van der Waals surface area (Å²) in [4.78, 5) is 18.9. The van der Waals surface area contributed by atoms with E-state index in [4.69, 9.17) is 4.42 Å². The number of nitrogens with zero attached hydrogens (tertiary/aromatic N) is 2. The van der Waals surface area contributed by atoms with Crippen LogP contribution in [0.3, 0.4) is 0 Å². The van der Waals surface area contributed by atoms with Crippen LogP contribution >= 0.6 is 11.8 Å². The standard InChI is InChI=1S/C20H17FN2O2S/c1-13(19(24)23-11-10-14-4-2-3-5-17(14)23)26-20-22-12-18(25-20)15-6-8-16(21)9-7-15/h2-9,12-13H,10-11H2,1H3/t13-/m0/s1. The summed E-state index contributed by atoms with van der Waals surface area (Å²) in [7, 11) is 0. The van der Waals surface area contributed by atoms with E-state index in [0.29, 0.717) is 17.5 Å². The lowest BCUT2D eigenvalue weighted by atomic mass is 10.2. The van der Waals surface area contributed by atoms with Crippen LogP contribution in [0.5, 0.6) is 0 Å². The van der Waals surface area contributed by atoms with Gasteiger partial charge in [-0.25, -0.2) is 9.37 Å². The van der Waals surface area contributed by atoms with Crippen molar-refractivity contribution in [3.05, 3.63) is 66.1 Å². The number of thioether (sulfide) groups is 1. The van der Waals surface area contributed by atoms with E-state index >= 15 is 0 Å². The molecule has 0 saturated heterocycles. The van der Waals surface area contributed by atoms with Gasteiger partial charge in [-0.3, -0.25) is 4.79 Å². The van der Waals surface area contributed by atoms with Gasteiger partial charge in [0.15, 0.2) is 5.76 Å². The Labute approximate surface area is 155 Å². The average molecular weight is 368 g/mol. The maximum absolute atomic E-state index is 13.0. The first-order valence-electron chi connectivity index (χ1n) is 8.39. The van der Waals surface area contributed by atoms with Gasteiger partial charge in [0.25, 0.3) is 5.22 Å². The Balaban J connectivity index is 1.46. The number of oxazole rings is 1. The molecule has 0 fully saturated rings. The van der Waals surface area contributed by atoms with Crippen LogP contribution in [-0.2, 0) is 11.2 Å². The number of carbonyl (C=O) groups excluding carboxylic acids is 1. The second-order valence-electron chi connectivity index (χ2n) is 6.13. The van der Waals surface area contributed by atoms with Crippen molar-refractivity contribution in [2.75, 3.05) is 11.4 Å². The lowest BCUT2D eigenvalue weighted by Crippen LogP contribution is -2.35. The normalized spacial score (nSPS) is 14.3. The quantitative estimate of drug-likeness (QED) is 0.634. The average Bonchev–Trinajstić information content (AvgIpc) is 3.29. The van der Waals surface area contributed by atoms with Crippen LogP contribution in [0, 0.1) is 5.82 Å². The molecule has 2 aromatic carbocycles. The number of anilines is 1. The molecule has 4 nitrogen and oxygen atoms in total. The number of benzene rings is 2. The van der Waals surface area contributed by atoms with Crippen LogP contribution < -0.4 is 4.90 Å². The molecule has 0 aliphatic carbocycles. The van der Waals surface area contributed by atoms with Crippen molar-refractivity contribution >= 4 is 23.4 Å². The molecule has 2 heterocycles. The zero-order valence-corrected chi connectivity index (χ0v) is 15.0. The number of carbonyl (C=O) groups is 1. The molecule has 1 aliphatic rings. The Morgan fingerprint density at radius 3 is 2.81 bits per heavy atom. The minimum Gasteiger partial charge on any atom is -0.431 e. The van der Waals surface area contributed by atoms with Gasteiger partial charge in [0, 0.05) is 17.8 Å². The summed E-state index contributed by atoms with van der Waals surface area (Å²) in [6, 6.07) is 14.0. The third-order valence-electron chi connectivity index (χ3n) is 4.39. The van der Waals surface area contributed by atoms with Gasteiger partial charge in [0.2, 0.25) is 5.91 Å². The molecule has 132 valence electrons. The van der Waals surface area contributed by atoms with Crippen LogP contribution in [0.15, 0.2) is 64.4 Å². The highest BCUT2D eigenvalue weighted by Gasteiger charge is 2.29. The maximum atomic E-state index is 13.0. The molecule has 0 bridgehead atoms. The third-order valence-corrected chi connectivity index (χ3v) is 5.34. The van der Waals surface area contributed by atoms with Crippen LogP contribution in [0.2, 0.25) is 0 Å². The third kappa shape index (κ3) is 3.24. The van der Waals surface area contributed by atoms with Gasteiger partial charge in [0.05, 0.1) is 11.4 Å². The number of hydrogen-bond donors (Lipinski definition) is 0. The maximum Gasteiger partial charge on any atom is 0.256 e. The highest BCUT2D eigenvalue weighted by atomic mass is 32.2. The van der Waals surface area contributed by atoms with E-state index in [0.717, 1.165) is 17.7 Å². The predicted molar refractivity (Wildman–Crippen MR) is 99.7 cm³/mol. The van der Waals surface area contributed by atoms with Gasteiger partial charge in [-0.05, 0) is 49.2 Å². The monoisotopic (exact) mass is 368 g/mol. The SMILES string of the molecule is C[C@H](Sc1ncc(-c2ccc(F)cc2)o1)C(=O)N1CCc2ccccc21. The van der Waals surface area contributed by atoms with E-state index in [-0.39, 0.29) is 17.0 Å². The fourth-order valence-electron chi connectivity index (χ4n) is 3.05. The van der Waals surface area contributed by atoms with Gasteiger partial charge < -0.3 is 9.32 Å². The van der Waals surface area contributed by atoms with Gasteiger partial charge in [0.1, 0.15) is 5.82 Å². The number of para-hydroxylation sites is 1. The molecule has 1 aromatic heterocycles. The van der Waals surface area contributed by atoms with Crippen molar-refractivity contribution in [2.24, 2.45) is 0 Å². The fraction of sp³-hybridized carbons (Fsp3) is 0.200. The Morgan fingerprint density at radius 2 is 2.00 bits per heavy atom. The Morgan fingerprint density at radius 1 is 1.23 bits per heavy atom. The second-order valence-corrected chi connectivity index (χ2v) is 7.42. The highest BCUT2D eigenvalue weighted by molar-refractivity contribution is 8.00. The molecule has 6 heteroatoms. The summed E-state index contributed by atoms with van der Waals surface area (Å²) in [5.74, 6) is 0.299. The summed E-state index contributed by atoms with van der Waals surface area (Å²) in [6.45, 7) is 2.56. The molecule has 3 aromatic rings. The molecular formula is C20H17FN2O2S. The molecule has 0 saturated carbocycles. The van der Waals surface area contributed by atoms with Crippen molar-refractivity contribution in [1.29, 1.82) is 0 Å². The zero-order chi connectivity index (χ0) is 18.1. The molecule has 4 rings (SSSR count). The molecule has 0 spiro atoms. The fourth-order valence-corrected chi connectivity index (χ4v) is 3.83. The van der Waals surface area contributed by atoms with Crippen molar-refractivity contribution in [1.82, 2.24) is 4.98 Å². The Bertz CT molecular complexity index is 939. The molecular weight excluding hydrogens is 351 g/mol. The van der Waals surface area contributed by atoms with Crippen molar-refractivity contribution in [3.8, 4) is 11.3 Å². The number of rotatable bonds is 4. The molecule has 0 unspecified atom stereocenters. The molecule has 0 radical (unpaired) electrons. The number of hydrogen-bond acceptors (Lipinski definition) is 4. The van der Waals surface area contributed by atoms with Gasteiger partial charge in [-0.15, -0.1) is 0 Å². The summed E-state index contributed by atoms with van der Waals surface area (Å²) in [6.07, 6.45) is 2.48. The topological polar surface area (TPSA) is 46.3 Å². The molecule has 1 atom stereocenters. The summed E-state index contributed by atoms with van der Waals surface area (Å²) >= 11 is 1.29. The molecule has 26 heavy (non-hydrogen) atoms. The van der Waals surface area contributed by atoms with E-state index in [1.165, 1.54) is 29.5 Å². The lowest BCUT2D eigenvalue weighted by molar-refractivity contribution is -0.117. The van der Waals surface area contributed by atoms with E-state index in [9.17, 15) is 9.18 Å². The van der Waals surface area contributed by atoms with Crippen molar-refractivity contribution in [2.45, 2.75) is 23.8 Å². The van der Waals surface area contributed by atoms with Crippen LogP contribution in [0.4, 0.5) is 10.1 Å². The highest BCUT2D eigenvalue weighted by Crippen LogP contribution is 2.32. The lowest BCUT2D eigenvalue weighted by Gasteiger charge is -2.20. The Hall–Kier alpha value is -2.60. The van der Waals surface area contributed by atoms with E-state index in [1.54, 1.807) is 18.3 Å².